The van der Waals surface area contributed by atoms with Crippen LogP contribution in [0.4, 0.5) is 0 Å². The monoisotopic (exact) mass is 411 g/mol. The van der Waals surface area contributed by atoms with E-state index in [2.05, 4.69) is 11.9 Å². The fourth-order valence-corrected chi connectivity index (χ4v) is 4.43. The van der Waals surface area contributed by atoms with Crippen LogP contribution < -0.4 is 0 Å². The quantitative estimate of drug-likeness (QED) is 0.193. The Morgan fingerprint density at radius 1 is 0.828 bits per heavy atom. The Hall–Kier alpha value is -0.940. The van der Waals surface area contributed by atoms with Gasteiger partial charge in [-0.05, 0) is 6.42 Å². The van der Waals surface area contributed by atoms with Crippen molar-refractivity contribution in [2.45, 2.75) is 116 Å². The minimum absolute atomic E-state index is 0.0474. The lowest BCUT2D eigenvalue weighted by atomic mass is 10.0. The van der Waals surface area contributed by atoms with Crippen LogP contribution in [-0.2, 0) is 4.79 Å². The van der Waals surface area contributed by atoms with Crippen LogP contribution in [0.1, 0.15) is 116 Å². The summed E-state index contributed by atoms with van der Waals surface area (Å²) in [5, 5.41) is 18.8. The fourth-order valence-electron chi connectivity index (χ4n) is 4.43. The van der Waals surface area contributed by atoms with Crippen LogP contribution >= 0.6 is 0 Å². The molecule has 5 nitrogen and oxygen atoms in total. The van der Waals surface area contributed by atoms with Crippen LogP contribution in [0.3, 0.4) is 0 Å². The Kier molecular flexibility index (Phi) is 15.1. The highest BCUT2D eigenvalue weighted by Crippen LogP contribution is 2.20. The molecule has 0 aromatic rings. The number of aliphatic hydroxyl groups is 1. The molecule has 1 heterocycles. The molecule has 0 bridgehead atoms. The predicted octanol–water partition coefficient (Wildman–Crippen LogP) is 5.90. The molecule has 5 heteroatoms. The number of hydrogen-bond donors (Lipinski definition) is 2. The van der Waals surface area contributed by atoms with Crippen LogP contribution in [0.2, 0.25) is 0 Å². The number of hydrogen-bond acceptors (Lipinski definition) is 3. The zero-order valence-electron chi connectivity index (χ0n) is 19.0. The number of carbonyl (C=O) groups is 1. The van der Waals surface area contributed by atoms with Gasteiger partial charge < -0.3 is 10.2 Å². The summed E-state index contributed by atoms with van der Waals surface area (Å²) in [4.78, 5) is 15.6. The number of unbranched alkanes of at least 4 members (excludes halogenated alkanes) is 15. The van der Waals surface area contributed by atoms with Gasteiger partial charge in [-0.25, -0.2) is 14.3 Å². The first-order valence-electron chi connectivity index (χ1n) is 12.4. The zero-order chi connectivity index (χ0) is 21.2. The average Bonchev–Trinajstić information content (AvgIpc) is 3.09. The highest BCUT2D eigenvalue weighted by atomic mass is 16.4. The molecule has 0 aromatic carbocycles. The molecule has 0 fully saturated rings. The topological polar surface area (TPSA) is 69.9 Å². The Morgan fingerprint density at radius 2 is 1.28 bits per heavy atom. The van der Waals surface area contributed by atoms with Gasteiger partial charge in [-0.2, -0.15) is 0 Å². The standard InChI is InChI=1S/C24H46N2O3/c1-2-3-4-5-6-7-8-9-10-11-12-13-14-15-16-17-18-23-25-19-20-26(23,22-27)21-24(28)29/h27H,2-22H2,1H3/p+1. The molecule has 1 atom stereocenters. The van der Waals surface area contributed by atoms with Crippen molar-refractivity contribution in [2.24, 2.45) is 4.99 Å². The molecule has 1 aliphatic heterocycles. The number of aliphatic imine (C=N–C) groups is 1. The number of amidine groups is 1. The molecule has 0 saturated carbocycles. The molecule has 0 spiro atoms. The SMILES string of the molecule is CCCCCCCCCCCCCCCCCCC1=NCC[N+]1(CO)CC(=O)O. The third-order valence-electron chi connectivity index (χ3n) is 6.33. The molecule has 0 aliphatic carbocycles. The van der Waals surface area contributed by atoms with Crippen molar-refractivity contribution in [3.63, 3.8) is 0 Å². The van der Waals surface area contributed by atoms with E-state index in [4.69, 9.17) is 5.11 Å². The van der Waals surface area contributed by atoms with Gasteiger partial charge in [0.15, 0.2) is 13.3 Å². The van der Waals surface area contributed by atoms with Crippen LogP contribution in [0.25, 0.3) is 0 Å². The molecular weight excluding hydrogens is 364 g/mol. The third kappa shape index (κ3) is 11.7. The maximum atomic E-state index is 11.1. The van der Waals surface area contributed by atoms with E-state index in [1.54, 1.807) is 0 Å². The maximum absolute atomic E-state index is 11.1. The summed E-state index contributed by atoms with van der Waals surface area (Å²) < 4.78 is 0.147. The number of quaternary nitrogens is 1. The van der Waals surface area contributed by atoms with Gasteiger partial charge in [0.25, 0.3) is 0 Å². The molecule has 1 rings (SSSR count). The number of carboxylic acid groups (broad SMARTS) is 1. The second-order valence-electron chi connectivity index (χ2n) is 8.91. The first-order valence-corrected chi connectivity index (χ1v) is 12.4. The van der Waals surface area contributed by atoms with E-state index >= 15 is 0 Å². The second kappa shape index (κ2) is 16.8. The van der Waals surface area contributed by atoms with Crippen molar-refractivity contribution in [3.8, 4) is 0 Å². The Bertz CT molecular complexity index is 453. The van der Waals surface area contributed by atoms with Crippen molar-refractivity contribution in [1.29, 1.82) is 0 Å². The van der Waals surface area contributed by atoms with Crippen LogP contribution in [0.5, 0.6) is 0 Å². The van der Waals surface area contributed by atoms with E-state index in [0.29, 0.717) is 13.1 Å². The molecule has 170 valence electrons. The summed E-state index contributed by atoms with van der Waals surface area (Å²) in [6.07, 6.45) is 22.4. The normalized spacial score (nSPS) is 18.9. The van der Waals surface area contributed by atoms with Crippen LogP contribution in [0, 0.1) is 0 Å². The molecule has 0 aromatic heterocycles. The van der Waals surface area contributed by atoms with Crippen molar-refractivity contribution < 1.29 is 19.5 Å². The number of aliphatic hydroxyl groups excluding tert-OH is 1. The minimum atomic E-state index is -0.861. The summed E-state index contributed by atoms with van der Waals surface area (Å²) in [6.45, 7) is 3.34. The molecule has 29 heavy (non-hydrogen) atoms. The number of carboxylic acids is 1. The van der Waals surface area contributed by atoms with Crippen molar-refractivity contribution in [3.05, 3.63) is 0 Å². The van der Waals surface area contributed by atoms with Crippen LogP contribution in [0.15, 0.2) is 4.99 Å². The van der Waals surface area contributed by atoms with Gasteiger partial charge >= 0.3 is 5.97 Å². The molecule has 0 amide bonds. The molecular formula is C24H47N2O3+. The maximum Gasteiger partial charge on any atom is 0.359 e. The first kappa shape index (κ1) is 26.1. The Morgan fingerprint density at radius 3 is 1.69 bits per heavy atom. The second-order valence-corrected chi connectivity index (χ2v) is 8.91. The van der Waals surface area contributed by atoms with Gasteiger partial charge in [0.05, 0.1) is 6.54 Å². The number of nitrogens with zero attached hydrogens (tertiary/aromatic N) is 2. The highest BCUT2D eigenvalue weighted by molar-refractivity contribution is 5.79. The molecule has 1 unspecified atom stereocenters. The van der Waals surface area contributed by atoms with Gasteiger partial charge in [0, 0.05) is 6.42 Å². The Balaban J connectivity index is 1.91. The molecule has 0 radical (unpaired) electrons. The summed E-state index contributed by atoms with van der Waals surface area (Å²) in [5.41, 5.74) is 0. The van der Waals surface area contributed by atoms with Crippen molar-refractivity contribution in [1.82, 2.24) is 0 Å². The minimum Gasteiger partial charge on any atom is -0.477 e. The summed E-state index contributed by atoms with van der Waals surface area (Å²) >= 11 is 0. The smallest absolute Gasteiger partial charge is 0.359 e. The summed E-state index contributed by atoms with van der Waals surface area (Å²) in [5.74, 6) is 0.0286. The van der Waals surface area contributed by atoms with Gasteiger partial charge in [0.1, 0.15) is 6.54 Å². The zero-order valence-corrected chi connectivity index (χ0v) is 19.0. The lowest BCUT2D eigenvalue weighted by Gasteiger charge is -2.30. The van der Waals surface area contributed by atoms with E-state index in [9.17, 15) is 9.90 Å². The van der Waals surface area contributed by atoms with Gasteiger partial charge in [-0.15, -0.1) is 0 Å². The molecule has 1 aliphatic rings. The third-order valence-corrected chi connectivity index (χ3v) is 6.33. The Labute approximate surface area is 179 Å². The average molecular weight is 412 g/mol. The largest absolute Gasteiger partial charge is 0.477 e. The van der Waals surface area contributed by atoms with Crippen molar-refractivity contribution in [2.75, 3.05) is 26.4 Å². The lowest BCUT2D eigenvalue weighted by molar-refractivity contribution is -0.849. The van der Waals surface area contributed by atoms with Gasteiger partial charge in [-0.1, -0.05) is 103 Å². The first-order chi connectivity index (χ1) is 14.1. The highest BCUT2D eigenvalue weighted by Gasteiger charge is 2.39. The van der Waals surface area contributed by atoms with Crippen LogP contribution in [-0.4, -0.2) is 52.9 Å². The molecule has 2 N–H and O–H groups in total. The summed E-state index contributed by atoms with van der Waals surface area (Å²) in [6, 6.07) is 0. The lowest BCUT2D eigenvalue weighted by Crippen LogP contribution is -2.54. The summed E-state index contributed by atoms with van der Waals surface area (Å²) in [7, 11) is 0. The van der Waals surface area contributed by atoms with E-state index in [1.165, 1.54) is 96.3 Å². The van der Waals surface area contributed by atoms with Gasteiger partial charge in [0.2, 0.25) is 5.84 Å². The number of aliphatic carboxylic acids is 1. The van der Waals surface area contributed by atoms with Gasteiger partial charge in [-0.3, -0.25) is 0 Å². The fraction of sp³-hybridized carbons (Fsp3) is 0.917. The molecule has 0 saturated heterocycles. The van der Waals surface area contributed by atoms with E-state index < -0.39 is 5.97 Å². The number of rotatable bonds is 20. The van der Waals surface area contributed by atoms with E-state index in [0.717, 1.165) is 18.7 Å². The van der Waals surface area contributed by atoms with Crippen molar-refractivity contribution >= 4 is 11.8 Å². The van der Waals surface area contributed by atoms with E-state index in [-0.39, 0.29) is 17.8 Å². The van der Waals surface area contributed by atoms with E-state index in [1.807, 2.05) is 0 Å². The predicted molar refractivity (Wildman–Crippen MR) is 121 cm³/mol.